The van der Waals surface area contributed by atoms with Crippen molar-refractivity contribution in [1.29, 1.82) is 0 Å². The van der Waals surface area contributed by atoms with Crippen molar-refractivity contribution in [2.75, 3.05) is 0 Å². The van der Waals surface area contributed by atoms with Crippen molar-refractivity contribution in [2.24, 2.45) is 5.73 Å². The molecular formula is C8H18NO. The zero-order valence-electron chi connectivity index (χ0n) is 6.71. The largest absolute Gasteiger partial charge is 0.392 e. The molecule has 0 aliphatic heterocycles. The molecule has 0 rings (SSSR count). The van der Waals surface area contributed by atoms with Gasteiger partial charge in [-0.2, -0.15) is 0 Å². The van der Waals surface area contributed by atoms with Gasteiger partial charge in [0.15, 0.2) is 0 Å². The second-order valence-electron chi connectivity index (χ2n) is 2.66. The lowest BCUT2D eigenvalue weighted by Crippen LogP contribution is -2.34. The SMILES string of the molecule is [CH2]CCC(O)C(N)CCC. The van der Waals surface area contributed by atoms with Gasteiger partial charge in [0.2, 0.25) is 0 Å². The standard InChI is InChI=1S/C8H18NO/c1-3-5-7(9)8(10)6-4-2/h7-8,10H,2-6,9H2,1H3. The minimum Gasteiger partial charge on any atom is -0.392 e. The van der Waals surface area contributed by atoms with E-state index in [9.17, 15) is 5.11 Å². The van der Waals surface area contributed by atoms with Gasteiger partial charge in [0.25, 0.3) is 0 Å². The average Bonchev–Trinajstić information content (AvgIpc) is 1.89. The lowest BCUT2D eigenvalue weighted by molar-refractivity contribution is 0.131. The Labute approximate surface area is 63.4 Å². The molecule has 0 saturated carbocycles. The fourth-order valence-corrected chi connectivity index (χ4v) is 0.949. The van der Waals surface area contributed by atoms with Crippen molar-refractivity contribution >= 4 is 0 Å². The molecule has 0 spiro atoms. The molecule has 0 aromatic carbocycles. The molecule has 3 N–H and O–H groups in total. The van der Waals surface area contributed by atoms with Crippen LogP contribution in [0.3, 0.4) is 0 Å². The van der Waals surface area contributed by atoms with Crippen molar-refractivity contribution in [3.05, 3.63) is 6.92 Å². The summed E-state index contributed by atoms with van der Waals surface area (Å²) < 4.78 is 0. The Morgan fingerprint density at radius 2 is 2.10 bits per heavy atom. The molecule has 61 valence electrons. The Morgan fingerprint density at radius 1 is 1.50 bits per heavy atom. The van der Waals surface area contributed by atoms with Crippen LogP contribution in [0, 0.1) is 6.92 Å². The highest BCUT2D eigenvalue weighted by atomic mass is 16.3. The number of aliphatic hydroxyl groups excluding tert-OH is 1. The van der Waals surface area contributed by atoms with Gasteiger partial charge in [0, 0.05) is 6.04 Å². The number of aliphatic hydroxyl groups is 1. The second kappa shape index (κ2) is 5.69. The first-order valence-corrected chi connectivity index (χ1v) is 3.95. The summed E-state index contributed by atoms with van der Waals surface area (Å²) in [5.74, 6) is 0. The van der Waals surface area contributed by atoms with Crippen molar-refractivity contribution in [1.82, 2.24) is 0 Å². The van der Waals surface area contributed by atoms with E-state index in [2.05, 4.69) is 13.8 Å². The van der Waals surface area contributed by atoms with Gasteiger partial charge in [-0.25, -0.2) is 0 Å². The normalized spacial score (nSPS) is 16.8. The van der Waals surface area contributed by atoms with Gasteiger partial charge in [0.05, 0.1) is 6.10 Å². The maximum atomic E-state index is 9.28. The molecule has 1 radical (unpaired) electrons. The van der Waals surface area contributed by atoms with Gasteiger partial charge in [-0.05, 0) is 12.8 Å². The van der Waals surface area contributed by atoms with Gasteiger partial charge in [-0.15, -0.1) is 0 Å². The molecular weight excluding hydrogens is 126 g/mol. The van der Waals surface area contributed by atoms with Crippen LogP contribution in [-0.2, 0) is 0 Å². The lowest BCUT2D eigenvalue weighted by atomic mass is 10.0. The molecule has 0 aliphatic rings. The van der Waals surface area contributed by atoms with E-state index in [4.69, 9.17) is 5.73 Å². The van der Waals surface area contributed by atoms with Crippen molar-refractivity contribution < 1.29 is 5.11 Å². The van der Waals surface area contributed by atoms with E-state index >= 15 is 0 Å². The van der Waals surface area contributed by atoms with E-state index in [0.717, 1.165) is 25.7 Å². The maximum absolute atomic E-state index is 9.28. The predicted octanol–water partition coefficient (Wildman–Crippen LogP) is 1.09. The van der Waals surface area contributed by atoms with E-state index in [1.54, 1.807) is 0 Å². The first kappa shape index (κ1) is 9.92. The molecule has 2 heteroatoms. The van der Waals surface area contributed by atoms with Crippen LogP contribution >= 0.6 is 0 Å². The summed E-state index contributed by atoms with van der Waals surface area (Å²) in [5.41, 5.74) is 5.64. The Kier molecular flexibility index (Phi) is 5.64. The fraction of sp³-hybridized carbons (Fsp3) is 0.875. The topological polar surface area (TPSA) is 46.2 Å². The molecule has 0 fully saturated rings. The third-order valence-electron chi connectivity index (χ3n) is 1.62. The van der Waals surface area contributed by atoms with Crippen molar-refractivity contribution in [3.8, 4) is 0 Å². The number of hydrogen-bond donors (Lipinski definition) is 2. The van der Waals surface area contributed by atoms with Gasteiger partial charge in [-0.3, -0.25) is 0 Å². The van der Waals surface area contributed by atoms with Gasteiger partial charge < -0.3 is 10.8 Å². The van der Waals surface area contributed by atoms with Crippen LogP contribution in [0.25, 0.3) is 0 Å². The Balaban J connectivity index is 3.38. The quantitative estimate of drug-likeness (QED) is 0.606. The van der Waals surface area contributed by atoms with Crippen molar-refractivity contribution in [2.45, 2.75) is 44.8 Å². The smallest absolute Gasteiger partial charge is 0.0691 e. The van der Waals surface area contributed by atoms with Gasteiger partial charge in [0.1, 0.15) is 0 Å². The Hall–Kier alpha value is -0.0800. The van der Waals surface area contributed by atoms with Crippen LogP contribution in [-0.4, -0.2) is 17.3 Å². The first-order chi connectivity index (χ1) is 4.72. The second-order valence-corrected chi connectivity index (χ2v) is 2.66. The third-order valence-corrected chi connectivity index (χ3v) is 1.62. The minimum absolute atomic E-state index is 0.0493. The molecule has 0 aromatic heterocycles. The molecule has 2 unspecified atom stereocenters. The summed E-state index contributed by atoms with van der Waals surface area (Å²) in [6.45, 7) is 5.72. The Bertz CT molecular complexity index is 65.7. The van der Waals surface area contributed by atoms with Crippen LogP contribution in [0.15, 0.2) is 0 Å². The molecule has 2 atom stereocenters. The number of hydrogen-bond acceptors (Lipinski definition) is 2. The lowest BCUT2D eigenvalue weighted by Gasteiger charge is -2.16. The minimum atomic E-state index is -0.350. The summed E-state index contributed by atoms with van der Waals surface area (Å²) in [6.07, 6.45) is 3.08. The summed E-state index contributed by atoms with van der Waals surface area (Å²) >= 11 is 0. The van der Waals surface area contributed by atoms with Crippen LogP contribution in [0.2, 0.25) is 0 Å². The highest BCUT2D eigenvalue weighted by molar-refractivity contribution is 4.71. The van der Waals surface area contributed by atoms with Gasteiger partial charge >= 0.3 is 0 Å². The van der Waals surface area contributed by atoms with Crippen LogP contribution in [0.4, 0.5) is 0 Å². The monoisotopic (exact) mass is 144 g/mol. The predicted molar refractivity (Wildman–Crippen MR) is 43.5 cm³/mol. The molecule has 0 aliphatic carbocycles. The number of nitrogens with two attached hydrogens (primary N) is 1. The summed E-state index contributed by atoms with van der Waals surface area (Å²) in [4.78, 5) is 0. The average molecular weight is 144 g/mol. The van der Waals surface area contributed by atoms with E-state index in [1.165, 1.54) is 0 Å². The Morgan fingerprint density at radius 3 is 2.50 bits per heavy atom. The zero-order valence-corrected chi connectivity index (χ0v) is 6.71. The molecule has 2 nitrogen and oxygen atoms in total. The molecule has 0 saturated heterocycles. The summed E-state index contributed by atoms with van der Waals surface area (Å²) in [7, 11) is 0. The molecule has 0 heterocycles. The fourth-order valence-electron chi connectivity index (χ4n) is 0.949. The zero-order chi connectivity index (χ0) is 7.98. The van der Waals surface area contributed by atoms with E-state index < -0.39 is 0 Å². The summed E-state index contributed by atoms with van der Waals surface area (Å²) in [5, 5.41) is 9.28. The van der Waals surface area contributed by atoms with E-state index in [0.29, 0.717) is 0 Å². The van der Waals surface area contributed by atoms with Gasteiger partial charge in [-0.1, -0.05) is 26.7 Å². The molecule has 10 heavy (non-hydrogen) atoms. The highest BCUT2D eigenvalue weighted by Gasteiger charge is 2.11. The van der Waals surface area contributed by atoms with Crippen molar-refractivity contribution in [3.63, 3.8) is 0 Å². The van der Waals surface area contributed by atoms with Crippen LogP contribution in [0.1, 0.15) is 32.6 Å². The third kappa shape index (κ3) is 3.85. The first-order valence-electron chi connectivity index (χ1n) is 3.95. The summed E-state index contributed by atoms with van der Waals surface area (Å²) in [6, 6.07) is -0.0493. The highest BCUT2D eigenvalue weighted by Crippen LogP contribution is 2.04. The molecule has 0 bridgehead atoms. The van der Waals surface area contributed by atoms with E-state index in [-0.39, 0.29) is 12.1 Å². The van der Waals surface area contributed by atoms with E-state index in [1.807, 2.05) is 0 Å². The molecule has 0 aromatic rings. The maximum Gasteiger partial charge on any atom is 0.0691 e. The molecule has 0 amide bonds. The van der Waals surface area contributed by atoms with Crippen LogP contribution < -0.4 is 5.73 Å². The number of rotatable bonds is 5. The van der Waals surface area contributed by atoms with Crippen LogP contribution in [0.5, 0.6) is 0 Å².